The van der Waals surface area contributed by atoms with E-state index in [1.54, 1.807) is 0 Å². The van der Waals surface area contributed by atoms with E-state index in [9.17, 15) is 4.79 Å². The Kier molecular flexibility index (Phi) is 1.38. The highest BCUT2D eigenvalue weighted by molar-refractivity contribution is 5.70. The van der Waals surface area contributed by atoms with Gasteiger partial charge in [-0.15, -0.1) is 0 Å². The van der Waals surface area contributed by atoms with E-state index in [0.29, 0.717) is 24.4 Å². The fourth-order valence-electron chi connectivity index (χ4n) is 3.23. The molecule has 2 heteroatoms. The largest absolute Gasteiger partial charge is 0.465 e. The van der Waals surface area contributed by atoms with Crippen LogP contribution in [0.15, 0.2) is 12.2 Å². The Morgan fingerprint density at radius 3 is 2.92 bits per heavy atom. The molecule has 70 valence electrons. The Morgan fingerprint density at radius 1 is 1.46 bits per heavy atom. The maximum atomic E-state index is 11.0. The lowest BCUT2D eigenvalue weighted by molar-refractivity contribution is -0.155. The molecule has 3 unspecified atom stereocenters. The van der Waals surface area contributed by atoms with Crippen molar-refractivity contribution in [3.05, 3.63) is 12.2 Å². The second-order valence-corrected chi connectivity index (χ2v) is 4.71. The number of ether oxygens (including phenoxy) is 1. The summed E-state index contributed by atoms with van der Waals surface area (Å²) in [7, 11) is 0. The second-order valence-electron chi connectivity index (χ2n) is 4.71. The van der Waals surface area contributed by atoms with Crippen molar-refractivity contribution >= 4 is 5.97 Å². The molecule has 3 atom stereocenters. The number of hydrogen-bond donors (Lipinski definition) is 0. The molecule has 0 amide bonds. The van der Waals surface area contributed by atoms with Crippen molar-refractivity contribution in [1.29, 1.82) is 0 Å². The van der Waals surface area contributed by atoms with Crippen molar-refractivity contribution in [3.8, 4) is 0 Å². The minimum Gasteiger partial charge on any atom is -0.465 e. The molecule has 1 aliphatic heterocycles. The predicted octanol–water partition coefficient (Wildman–Crippen LogP) is 1.91. The van der Waals surface area contributed by atoms with Gasteiger partial charge in [-0.25, -0.2) is 0 Å². The highest BCUT2D eigenvalue weighted by Crippen LogP contribution is 2.55. The molecule has 1 saturated heterocycles. The van der Waals surface area contributed by atoms with Crippen molar-refractivity contribution in [1.82, 2.24) is 0 Å². The third-order valence-electron chi connectivity index (χ3n) is 3.98. The van der Waals surface area contributed by atoms with Crippen LogP contribution in [-0.4, -0.2) is 12.6 Å². The molecule has 2 aliphatic carbocycles. The molecule has 0 radical (unpaired) electrons. The first-order chi connectivity index (χ1) is 6.28. The smallest absolute Gasteiger partial charge is 0.305 e. The Balaban J connectivity index is 1.83. The van der Waals surface area contributed by atoms with Crippen LogP contribution in [0.2, 0.25) is 0 Å². The van der Waals surface area contributed by atoms with Gasteiger partial charge in [0, 0.05) is 11.8 Å². The van der Waals surface area contributed by atoms with Gasteiger partial charge in [0.1, 0.15) is 0 Å². The number of cyclic esters (lactones) is 1. The molecule has 0 aromatic rings. The molecule has 2 fully saturated rings. The molecule has 1 spiro atoms. The van der Waals surface area contributed by atoms with Crippen LogP contribution in [0.5, 0.6) is 0 Å². The third kappa shape index (κ3) is 0.976. The molecule has 0 aromatic heterocycles. The molecule has 13 heavy (non-hydrogen) atoms. The standard InChI is InChI=1S/C11H14O2/c12-10-3-4-11(7-13-10)6-8-1-2-9(11)5-8/h1-2,8-9H,3-7H2. The Hall–Kier alpha value is -0.790. The van der Waals surface area contributed by atoms with Gasteiger partial charge in [-0.2, -0.15) is 0 Å². The van der Waals surface area contributed by atoms with Gasteiger partial charge in [0.05, 0.1) is 6.61 Å². The maximum Gasteiger partial charge on any atom is 0.305 e. The number of hydrogen-bond acceptors (Lipinski definition) is 2. The Labute approximate surface area is 78.0 Å². The summed E-state index contributed by atoms with van der Waals surface area (Å²) in [6.45, 7) is 0.678. The first-order valence-electron chi connectivity index (χ1n) is 5.12. The lowest BCUT2D eigenvalue weighted by Crippen LogP contribution is -2.37. The minimum absolute atomic E-state index is 0.00243. The number of carbonyl (C=O) groups is 1. The summed E-state index contributed by atoms with van der Waals surface area (Å²) < 4.78 is 5.20. The normalized spacial score (nSPS) is 47.2. The lowest BCUT2D eigenvalue weighted by atomic mass is 9.72. The molecule has 1 heterocycles. The zero-order valence-corrected chi connectivity index (χ0v) is 7.66. The average Bonchev–Trinajstić information content (AvgIpc) is 2.70. The molecule has 0 N–H and O–H groups in total. The lowest BCUT2D eigenvalue weighted by Gasteiger charge is -2.37. The monoisotopic (exact) mass is 178 g/mol. The number of esters is 1. The summed E-state index contributed by atoms with van der Waals surface area (Å²) >= 11 is 0. The van der Waals surface area contributed by atoms with Crippen molar-refractivity contribution < 1.29 is 9.53 Å². The first-order valence-corrected chi connectivity index (χ1v) is 5.12. The number of rotatable bonds is 0. The van der Waals surface area contributed by atoms with Crippen molar-refractivity contribution in [2.75, 3.05) is 6.61 Å². The quantitative estimate of drug-likeness (QED) is 0.418. The van der Waals surface area contributed by atoms with E-state index >= 15 is 0 Å². The van der Waals surface area contributed by atoms with Crippen LogP contribution in [0.25, 0.3) is 0 Å². The fraction of sp³-hybridized carbons (Fsp3) is 0.727. The number of fused-ring (bicyclic) bond motifs is 3. The van der Waals surface area contributed by atoms with Gasteiger partial charge in [-0.1, -0.05) is 12.2 Å². The average molecular weight is 178 g/mol. The summed E-state index contributed by atoms with van der Waals surface area (Å²) in [5, 5.41) is 0. The predicted molar refractivity (Wildman–Crippen MR) is 48.0 cm³/mol. The molecule has 2 bridgehead atoms. The SMILES string of the molecule is O=C1CCC2(CO1)CC1C=CC2C1. The van der Waals surface area contributed by atoms with E-state index in [0.717, 1.165) is 12.3 Å². The van der Waals surface area contributed by atoms with Gasteiger partial charge in [0.15, 0.2) is 0 Å². The van der Waals surface area contributed by atoms with Crippen LogP contribution in [0.1, 0.15) is 25.7 Å². The summed E-state index contributed by atoms with van der Waals surface area (Å²) in [6, 6.07) is 0. The Bertz CT molecular complexity index is 270. The highest BCUT2D eigenvalue weighted by atomic mass is 16.5. The summed E-state index contributed by atoms with van der Waals surface area (Å²) in [5.74, 6) is 1.48. The van der Waals surface area contributed by atoms with E-state index < -0.39 is 0 Å². The van der Waals surface area contributed by atoms with Crippen molar-refractivity contribution in [3.63, 3.8) is 0 Å². The van der Waals surface area contributed by atoms with Crippen LogP contribution < -0.4 is 0 Å². The molecule has 3 aliphatic rings. The van der Waals surface area contributed by atoms with Gasteiger partial charge in [0.2, 0.25) is 0 Å². The topological polar surface area (TPSA) is 26.3 Å². The van der Waals surface area contributed by atoms with E-state index in [-0.39, 0.29) is 5.97 Å². The summed E-state index contributed by atoms with van der Waals surface area (Å²) in [4.78, 5) is 11.0. The number of carbonyl (C=O) groups excluding carboxylic acids is 1. The van der Waals surface area contributed by atoms with E-state index in [1.165, 1.54) is 12.8 Å². The zero-order valence-electron chi connectivity index (χ0n) is 7.66. The zero-order chi connectivity index (χ0) is 8.89. The molecule has 1 saturated carbocycles. The molecule has 3 rings (SSSR count). The number of allylic oxidation sites excluding steroid dienone is 2. The van der Waals surface area contributed by atoms with Crippen LogP contribution in [-0.2, 0) is 9.53 Å². The highest BCUT2D eigenvalue weighted by Gasteiger charge is 2.50. The van der Waals surface area contributed by atoms with E-state index in [1.807, 2.05) is 0 Å². The third-order valence-corrected chi connectivity index (χ3v) is 3.98. The van der Waals surface area contributed by atoms with Gasteiger partial charge >= 0.3 is 5.97 Å². The maximum absolute atomic E-state index is 11.0. The molecule has 0 aromatic carbocycles. The van der Waals surface area contributed by atoms with Gasteiger partial charge < -0.3 is 4.74 Å². The van der Waals surface area contributed by atoms with Gasteiger partial charge in [-0.3, -0.25) is 4.79 Å². The van der Waals surface area contributed by atoms with Gasteiger partial charge in [0.25, 0.3) is 0 Å². The minimum atomic E-state index is -0.00243. The van der Waals surface area contributed by atoms with Gasteiger partial charge in [-0.05, 0) is 31.1 Å². The summed E-state index contributed by atoms with van der Waals surface area (Å²) in [5.41, 5.74) is 0.341. The Morgan fingerprint density at radius 2 is 2.38 bits per heavy atom. The van der Waals surface area contributed by atoms with Crippen molar-refractivity contribution in [2.24, 2.45) is 17.3 Å². The van der Waals surface area contributed by atoms with Crippen LogP contribution >= 0.6 is 0 Å². The van der Waals surface area contributed by atoms with Crippen LogP contribution in [0, 0.1) is 17.3 Å². The fourth-order valence-corrected chi connectivity index (χ4v) is 3.23. The second kappa shape index (κ2) is 2.37. The van der Waals surface area contributed by atoms with E-state index in [4.69, 9.17) is 4.74 Å². The van der Waals surface area contributed by atoms with Crippen molar-refractivity contribution in [2.45, 2.75) is 25.7 Å². The van der Waals surface area contributed by atoms with E-state index in [2.05, 4.69) is 12.2 Å². The van der Waals surface area contributed by atoms with Crippen LogP contribution in [0.4, 0.5) is 0 Å². The summed E-state index contributed by atoms with van der Waals surface area (Å²) in [6.07, 6.45) is 8.92. The first kappa shape index (κ1) is 7.60. The molecular weight excluding hydrogens is 164 g/mol. The molecule has 2 nitrogen and oxygen atoms in total. The molecular formula is C11H14O2. The van der Waals surface area contributed by atoms with Crippen LogP contribution in [0.3, 0.4) is 0 Å².